The van der Waals surface area contributed by atoms with Crippen LogP contribution in [0.3, 0.4) is 0 Å². The van der Waals surface area contributed by atoms with Crippen molar-refractivity contribution in [3.8, 4) is 11.3 Å². The minimum Gasteiger partial charge on any atom is -0.355 e. The van der Waals surface area contributed by atoms with Gasteiger partial charge in [0.2, 0.25) is 5.91 Å². The van der Waals surface area contributed by atoms with Crippen molar-refractivity contribution in [2.45, 2.75) is 26.3 Å². The third-order valence-corrected chi connectivity index (χ3v) is 5.77. The summed E-state index contributed by atoms with van der Waals surface area (Å²) < 4.78 is 0. The number of carbonyl (C=O) groups excluding carboxylic acids is 1. The highest BCUT2D eigenvalue weighted by Gasteiger charge is 2.27. The van der Waals surface area contributed by atoms with E-state index in [0.29, 0.717) is 6.54 Å². The Morgan fingerprint density at radius 3 is 2.43 bits per heavy atom. The Hall–Kier alpha value is -3.21. The molecule has 0 N–H and O–H groups in total. The van der Waals surface area contributed by atoms with Gasteiger partial charge in [-0.05, 0) is 43.5 Å². The Kier molecular flexibility index (Phi) is 6.07. The number of benzene rings is 2. The lowest BCUT2D eigenvalue weighted by molar-refractivity contribution is -0.135. The number of carbonyl (C=O) groups is 1. The number of aryl methyl sites for hydroxylation is 1. The molecule has 30 heavy (non-hydrogen) atoms. The highest BCUT2D eigenvalue weighted by atomic mass is 16.2. The zero-order valence-corrected chi connectivity index (χ0v) is 17.7. The normalized spacial score (nSPS) is 14.5. The second-order valence-electron chi connectivity index (χ2n) is 8.09. The number of amides is 1. The molecule has 2 heterocycles. The molecule has 0 atom stereocenters. The second kappa shape index (κ2) is 9.08. The first-order valence-corrected chi connectivity index (χ1v) is 10.5. The van der Waals surface area contributed by atoms with E-state index in [-0.39, 0.29) is 11.8 Å². The smallest absolute Gasteiger partial charge is 0.225 e. The molecule has 1 fully saturated rings. The van der Waals surface area contributed by atoms with Gasteiger partial charge in [-0.15, -0.1) is 10.2 Å². The number of hydrogen-bond donors (Lipinski definition) is 0. The van der Waals surface area contributed by atoms with Gasteiger partial charge in [0.05, 0.1) is 5.69 Å². The predicted molar refractivity (Wildman–Crippen MR) is 120 cm³/mol. The number of aromatic nitrogens is 2. The summed E-state index contributed by atoms with van der Waals surface area (Å²) in [5.74, 6) is 1.20. The molecule has 1 amide bonds. The maximum Gasteiger partial charge on any atom is 0.225 e. The van der Waals surface area contributed by atoms with Gasteiger partial charge in [0.25, 0.3) is 0 Å². The average molecular weight is 401 g/mol. The van der Waals surface area contributed by atoms with E-state index < -0.39 is 0 Å². The Morgan fingerprint density at radius 1 is 1.00 bits per heavy atom. The SMILES string of the molecule is Cc1cccc(-c2ccc(N3CCC(C(=O)N(C)Cc4ccccc4)CC3)nn2)c1. The largest absolute Gasteiger partial charge is 0.355 e. The number of nitrogens with zero attached hydrogens (tertiary/aromatic N) is 4. The third-order valence-electron chi connectivity index (χ3n) is 5.77. The summed E-state index contributed by atoms with van der Waals surface area (Å²) in [7, 11) is 1.90. The fraction of sp³-hybridized carbons (Fsp3) is 0.320. The Balaban J connectivity index is 1.33. The van der Waals surface area contributed by atoms with Crippen molar-refractivity contribution in [2.24, 2.45) is 5.92 Å². The monoisotopic (exact) mass is 400 g/mol. The third kappa shape index (κ3) is 4.67. The Morgan fingerprint density at radius 2 is 1.77 bits per heavy atom. The molecule has 0 spiro atoms. The van der Waals surface area contributed by atoms with Crippen molar-refractivity contribution in [1.82, 2.24) is 15.1 Å². The maximum atomic E-state index is 12.9. The fourth-order valence-electron chi connectivity index (χ4n) is 4.05. The molecular weight excluding hydrogens is 372 g/mol. The van der Waals surface area contributed by atoms with Gasteiger partial charge in [-0.1, -0.05) is 54.1 Å². The van der Waals surface area contributed by atoms with Crippen LogP contribution in [-0.2, 0) is 11.3 Å². The molecular formula is C25H28N4O. The first-order valence-electron chi connectivity index (χ1n) is 10.5. The Labute approximate surface area is 178 Å². The molecule has 0 aliphatic carbocycles. The zero-order valence-electron chi connectivity index (χ0n) is 17.7. The van der Waals surface area contributed by atoms with Crippen LogP contribution in [0.2, 0.25) is 0 Å². The minimum atomic E-state index is 0.0782. The highest BCUT2D eigenvalue weighted by molar-refractivity contribution is 5.79. The van der Waals surface area contributed by atoms with Crippen LogP contribution in [-0.4, -0.2) is 41.1 Å². The van der Waals surface area contributed by atoms with E-state index in [9.17, 15) is 4.79 Å². The van der Waals surface area contributed by atoms with E-state index >= 15 is 0 Å². The van der Waals surface area contributed by atoms with Crippen LogP contribution in [0.5, 0.6) is 0 Å². The summed E-state index contributed by atoms with van der Waals surface area (Å²) in [5, 5.41) is 8.88. The van der Waals surface area contributed by atoms with Gasteiger partial charge in [0.1, 0.15) is 0 Å². The van der Waals surface area contributed by atoms with E-state index in [4.69, 9.17) is 0 Å². The van der Waals surface area contributed by atoms with Crippen LogP contribution < -0.4 is 4.90 Å². The molecule has 1 aliphatic rings. The number of piperidine rings is 1. The summed E-state index contributed by atoms with van der Waals surface area (Å²) >= 11 is 0. The lowest BCUT2D eigenvalue weighted by atomic mass is 9.95. The lowest BCUT2D eigenvalue weighted by Gasteiger charge is -2.33. The van der Waals surface area contributed by atoms with Crippen molar-refractivity contribution >= 4 is 11.7 Å². The van der Waals surface area contributed by atoms with Crippen molar-refractivity contribution in [3.05, 3.63) is 77.9 Å². The van der Waals surface area contributed by atoms with Gasteiger partial charge < -0.3 is 9.80 Å². The van der Waals surface area contributed by atoms with Crippen molar-refractivity contribution in [2.75, 3.05) is 25.0 Å². The molecule has 154 valence electrons. The first kappa shape index (κ1) is 20.1. The number of hydrogen-bond acceptors (Lipinski definition) is 4. The maximum absolute atomic E-state index is 12.9. The topological polar surface area (TPSA) is 49.3 Å². The van der Waals surface area contributed by atoms with E-state index in [2.05, 4.69) is 52.4 Å². The molecule has 1 aromatic heterocycles. The fourth-order valence-corrected chi connectivity index (χ4v) is 4.05. The number of anilines is 1. The molecule has 5 heteroatoms. The molecule has 1 aliphatic heterocycles. The van der Waals surface area contributed by atoms with Gasteiger partial charge in [-0.3, -0.25) is 4.79 Å². The highest BCUT2D eigenvalue weighted by Crippen LogP contribution is 2.25. The predicted octanol–water partition coefficient (Wildman–Crippen LogP) is 4.33. The van der Waals surface area contributed by atoms with Gasteiger partial charge in [-0.25, -0.2) is 0 Å². The van der Waals surface area contributed by atoms with Crippen LogP contribution in [0.15, 0.2) is 66.7 Å². The van der Waals surface area contributed by atoms with Crippen LogP contribution in [0.4, 0.5) is 5.82 Å². The summed E-state index contributed by atoms with van der Waals surface area (Å²) in [6.07, 6.45) is 1.69. The molecule has 1 saturated heterocycles. The van der Waals surface area contributed by atoms with Crippen LogP contribution >= 0.6 is 0 Å². The molecule has 5 nitrogen and oxygen atoms in total. The molecule has 0 radical (unpaired) electrons. The van der Waals surface area contributed by atoms with E-state index in [1.807, 2.05) is 48.3 Å². The van der Waals surface area contributed by atoms with E-state index in [1.54, 1.807) is 0 Å². The first-order chi connectivity index (χ1) is 14.6. The summed E-state index contributed by atoms with van der Waals surface area (Å²) in [4.78, 5) is 16.9. The van der Waals surface area contributed by atoms with Crippen molar-refractivity contribution in [3.63, 3.8) is 0 Å². The zero-order chi connectivity index (χ0) is 20.9. The molecule has 0 bridgehead atoms. The Bertz CT molecular complexity index is 980. The van der Waals surface area contributed by atoms with Crippen LogP contribution in [0.25, 0.3) is 11.3 Å². The minimum absolute atomic E-state index is 0.0782. The summed E-state index contributed by atoms with van der Waals surface area (Å²) in [6.45, 7) is 4.39. The standard InChI is InChI=1S/C25H28N4O/c1-19-7-6-10-22(17-19)23-11-12-24(27-26-23)29-15-13-21(14-16-29)25(30)28(2)18-20-8-4-3-5-9-20/h3-12,17,21H,13-16,18H2,1-2H3. The van der Waals surface area contributed by atoms with Crippen LogP contribution in [0.1, 0.15) is 24.0 Å². The van der Waals surface area contributed by atoms with Gasteiger partial charge in [-0.2, -0.15) is 0 Å². The lowest BCUT2D eigenvalue weighted by Crippen LogP contribution is -2.41. The summed E-state index contributed by atoms with van der Waals surface area (Å²) in [6, 6.07) is 22.5. The molecule has 0 unspecified atom stereocenters. The molecule has 4 rings (SSSR count). The van der Waals surface area contributed by atoms with E-state index in [1.165, 1.54) is 5.56 Å². The van der Waals surface area contributed by atoms with Gasteiger partial charge in [0, 0.05) is 38.2 Å². The molecule has 3 aromatic rings. The van der Waals surface area contributed by atoms with E-state index in [0.717, 1.165) is 48.6 Å². The van der Waals surface area contributed by atoms with Crippen LogP contribution in [0, 0.1) is 12.8 Å². The molecule has 2 aromatic carbocycles. The second-order valence-corrected chi connectivity index (χ2v) is 8.09. The summed E-state index contributed by atoms with van der Waals surface area (Å²) in [5.41, 5.74) is 4.34. The average Bonchev–Trinajstić information content (AvgIpc) is 2.79. The van der Waals surface area contributed by atoms with Crippen molar-refractivity contribution in [1.29, 1.82) is 0 Å². The number of rotatable bonds is 5. The van der Waals surface area contributed by atoms with Gasteiger partial charge >= 0.3 is 0 Å². The van der Waals surface area contributed by atoms with Crippen molar-refractivity contribution < 1.29 is 4.79 Å². The van der Waals surface area contributed by atoms with Gasteiger partial charge in [0.15, 0.2) is 5.82 Å². The quantitative estimate of drug-likeness (QED) is 0.640. The molecule has 0 saturated carbocycles.